The Morgan fingerprint density at radius 1 is 1.12 bits per heavy atom. The van der Waals surface area contributed by atoms with E-state index in [4.69, 9.17) is 4.74 Å². The van der Waals surface area contributed by atoms with Crippen LogP contribution in [-0.4, -0.2) is 33.4 Å². The Labute approximate surface area is 149 Å². The highest BCUT2D eigenvalue weighted by atomic mass is 32.2. The molecular weight excluding hydrogens is 366 g/mol. The number of hydrogen-bond donors (Lipinski definition) is 3. The van der Waals surface area contributed by atoms with Gasteiger partial charge < -0.3 is 4.74 Å². The van der Waals surface area contributed by atoms with Gasteiger partial charge in [-0.2, -0.15) is 4.72 Å². The molecular formula is C15H17N3O5S2. The Morgan fingerprint density at radius 2 is 1.80 bits per heavy atom. The summed E-state index contributed by atoms with van der Waals surface area (Å²) in [4.78, 5) is 24.1. The second-order valence-electron chi connectivity index (χ2n) is 4.94. The van der Waals surface area contributed by atoms with Crippen LogP contribution < -0.4 is 20.3 Å². The fourth-order valence-electron chi connectivity index (χ4n) is 1.81. The standard InChI is InChI=1S/C15H17N3O5S2/c1-10(14(19)16-17-15(20)13-4-3-9-24-13)18-25(21,22)12-7-5-11(23-2)6-8-12/h3-10,18H,1-2H3,(H,16,19)(H,17,20)/t10-/m0/s1. The molecule has 0 saturated heterocycles. The first kappa shape index (κ1) is 18.9. The number of nitrogens with one attached hydrogen (secondary N) is 3. The molecule has 0 spiro atoms. The van der Waals surface area contributed by atoms with E-state index in [1.54, 1.807) is 17.5 Å². The Bertz CT molecular complexity index is 833. The van der Waals surface area contributed by atoms with Gasteiger partial charge in [-0.25, -0.2) is 8.42 Å². The van der Waals surface area contributed by atoms with Gasteiger partial charge in [0, 0.05) is 0 Å². The van der Waals surface area contributed by atoms with Crippen LogP contribution in [0.2, 0.25) is 0 Å². The zero-order valence-corrected chi connectivity index (χ0v) is 15.1. The van der Waals surface area contributed by atoms with Crippen LogP contribution in [0.1, 0.15) is 16.6 Å². The van der Waals surface area contributed by atoms with E-state index in [1.807, 2.05) is 0 Å². The lowest BCUT2D eigenvalue weighted by molar-refractivity contribution is -0.123. The van der Waals surface area contributed by atoms with E-state index in [0.717, 1.165) is 0 Å². The van der Waals surface area contributed by atoms with Crippen LogP contribution in [0.5, 0.6) is 5.75 Å². The number of benzene rings is 1. The van der Waals surface area contributed by atoms with Crippen LogP contribution in [-0.2, 0) is 14.8 Å². The van der Waals surface area contributed by atoms with Gasteiger partial charge in [-0.15, -0.1) is 11.3 Å². The fraction of sp³-hybridized carbons (Fsp3) is 0.200. The molecule has 0 fully saturated rings. The molecule has 0 aliphatic heterocycles. The maximum Gasteiger partial charge on any atom is 0.279 e. The van der Waals surface area contributed by atoms with Crippen LogP contribution in [0.25, 0.3) is 0 Å². The highest BCUT2D eigenvalue weighted by Gasteiger charge is 2.22. The molecule has 2 rings (SSSR count). The smallest absolute Gasteiger partial charge is 0.279 e. The molecule has 1 aromatic carbocycles. The van der Waals surface area contributed by atoms with Crippen LogP contribution in [0.15, 0.2) is 46.7 Å². The number of hydrogen-bond acceptors (Lipinski definition) is 6. The lowest BCUT2D eigenvalue weighted by Gasteiger charge is -2.15. The predicted octanol–water partition coefficient (Wildman–Crippen LogP) is 0.885. The predicted molar refractivity (Wildman–Crippen MR) is 92.7 cm³/mol. The first-order valence-corrected chi connectivity index (χ1v) is 9.50. The topological polar surface area (TPSA) is 114 Å². The summed E-state index contributed by atoms with van der Waals surface area (Å²) >= 11 is 1.22. The van der Waals surface area contributed by atoms with E-state index in [0.29, 0.717) is 10.6 Å². The van der Waals surface area contributed by atoms with E-state index < -0.39 is 27.9 Å². The van der Waals surface area contributed by atoms with Crippen molar-refractivity contribution in [2.24, 2.45) is 0 Å². The molecule has 134 valence electrons. The number of sulfonamides is 1. The van der Waals surface area contributed by atoms with Gasteiger partial charge >= 0.3 is 0 Å². The summed E-state index contributed by atoms with van der Waals surface area (Å²) < 4.78 is 31.7. The van der Waals surface area contributed by atoms with Crippen molar-refractivity contribution in [3.05, 3.63) is 46.7 Å². The van der Waals surface area contributed by atoms with Crippen molar-refractivity contribution >= 4 is 33.2 Å². The lowest BCUT2D eigenvalue weighted by atomic mass is 10.3. The van der Waals surface area contributed by atoms with Gasteiger partial charge in [-0.05, 0) is 42.6 Å². The average Bonchev–Trinajstić information content (AvgIpc) is 3.13. The maximum atomic E-state index is 12.3. The number of methoxy groups -OCH3 is 1. The van der Waals surface area contributed by atoms with E-state index in [2.05, 4.69) is 15.6 Å². The van der Waals surface area contributed by atoms with Crippen molar-refractivity contribution in [3.8, 4) is 5.75 Å². The molecule has 8 nitrogen and oxygen atoms in total. The number of ether oxygens (including phenoxy) is 1. The normalized spacial score (nSPS) is 12.2. The lowest BCUT2D eigenvalue weighted by Crippen LogP contribution is -2.50. The fourth-order valence-corrected chi connectivity index (χ4v) is 3.63. The van der Waals surface area contributed by atoms with Gasteiger partial charge in [0.1, 0.15) is 5.75 Å². The van der Waals surface area contributed by atoms with Gasteiger partial charge in [0.2, 0.25) is 10.0 Å². The largest absolute Gasteiger partial charge is 0.497 e. The van der Waals surface area contributed by atoms with Gasteiger partial charge in [0.05, 0.1) is 22.9 Å². The van der Waals surface area contributed by atoms with Crippen molar-refractivity contribution in [2.45, 2.75) is 17.9 Å². The summed E-state index contributed by atoms with van der Waals surface area (Å²) in [5.41, 5.74) is 4.41. The highest BCUT2D eigenvalue weighted by molar-refractivity contribution is 7.89. The van der Waals surface area contributed by atoms with Crippen LogP contribution in [0, 0.1) is 0 Å². The Kier molecular flexibility index (Phi) is 6.12. The summed E-state index contributed by atoms with van der Waals surface area (Å²) in [5, 5.41) is 1.72. The van der Waals surface area contributed by atoms with Crippen molar-refractivity contribution in [2.75, 3.05) is 7.11 Å². The SMILES string of the molecule is COc1ccc(S(=O)(=O)N[C@@H](C)C(=O)NNC(=O)c2cccs2)cc1. The Morgan fingerprint density at radius 3 is 2.36 bits per heavy atom. The van der Waals surface area contributed by atoms with E-state index in [1.165, 1.54) is 49.6 Å². The van der Waals surface area contributed by atoms with Crippen molar-refractivity contribution in [1.29, 1.82) is 0 Å². The monoisotopic (exact) mass is 383 g/mol. The molecule has 0 aliphatic carbocycles. The minimum atomic E-state index is -3.89. The first-order valence-electron chi connectivity index (χ1n) is 7.13. The number of carbonyl (C=O) groups excluding carboxylic acids is 2. The minimum absolute atomic E-state index is 0.00410. The number of thiophene rings is 1. The van der Waals surface area contributed by atoms with E-state index in [-0.39, 0.29) is 4.90 Å². The molecule has 2 amide bonds. The Balaban J connectivity index is 1.93. The molecule has 1 heterocycles. The second-order valence-corrected chi connectivity index (χ2v) is 7.60. The number of carbonyl (C=O) groups is 2. The molecule has 0 unspecified atom stereocenters. The molecule has 1 atom stereocenters. The zero-order chi connectivity index (χ0) is 18.4. The summed E-state index contributed by atoms with van der Waals surface area (Å²) in [5.74, 6) is -0.656. The molecule has 0 aliphatic rings. The molecule has 0 saturated carbocycles. The van der Waals surface area contributed by atoms with Crippen molar-refractivity contribution in [3.63, 3.8) is 0 Å². The number of rotatable bonds is 6. The van der Waals surface area contributed by atoms with Gasteiger partial charge in [0.15, 0.2) is 0 Å². The zero-order valence-electron chi connectivity index (χ0n) is 13.5. The van der Waals surface area contributed by atoms with Gasteiger partial charge in [0.25, 0.3) is 11.8 Å². The molecule has 3 N–H and O–H groups in total. The highest BCUT2D eigenvalue weighted by Crippen LogP contribution is 2.15. The summed E-state index contributed by atoms with van der Waals surface area (Å²) in [7, 11) is -2.42. The quantitative estimate of drug-likeness (QED) is 0.641. The molecule has 0 radical (unpaired) electrons. The number of amides is 2. The molecule has 25 heavy (non-hydrogen) atoms. The third kappa shape index (κ3) is 5.02. The summed E-state index contributed by atoms with van der Waals surface area (Å²) in [6, 6.07) is 7.95. The molecule has 0 bridgehead atoms. The minimum Gasteiger partial charge on any atom is -0.497 e. The Hall–Kier alpha value is -2.43. The van der Waals surface area contributed by atoms with Gasteiger partial charge in [-0.1, -0.05) is 6.07 Å². The van der Waals surface area contributed by atoms with E-state index >= 15 is 0 Å². The second kappa shape index (κ2) is 8.10. The number of hydrazine groups is 1. The van der Waals surface area contributed by atoms with Crippen molar-refractivity contribution < 1.29 is 22.7 Å². The molecule has 10 heteroatoms. The van der Waals surface area contributed by atoms with Crippen LogP contribution in [0.4, 0.5) is 0 Å². The summed E-state index contributed by atoms with van der Waals surface area (Å²) in [6.45, 7) is 1.37. The van der Waals surface area contributed by atoms with Crippen LogP contribution >= 0.6 is 11.3 Å². The first-order chi connectivity index (χ1) is 11.8. The maximum absolute atomic E-state index is 12.3. The molecule has 1 aromatic heterocycles. The molecule has 2 aromatic rings. The van der Waals surface area contributed by atoms with E-state index in [9.17, 15) is 18.0 Å². The van der Waals surface area contributed by atoms with Gasteiger partial charge in [-0.3, -0.25) is 20.4 Å². The van der Waals surface area contributed by atoms with Crippen LogP contribution in [0.3, 0.4) is 0 Å². The third-order valence-electron chi connectivity index (χ3n) is 3.14. The third-order valence-corrected chi connectivity index (χ3v) is 5.56. The van der Waals surface area contributed by atoms with Crippen molar-refractivity contribution in [1.82, 2.24) is 15.6 Å². The summed E-state index contributed by atoms with van der Waals surface area (Å²) in [6.07, 6.45) is 0. The average molecular weight is 383 g/mol.